The first-order valence-electron chi connectivity index (χ1n) is 15.9. The van der Waals surface area contributed by atoms with E-state index in [9.17, 15) is 28.8 Å². The third-order valence-corrected chi connectivity index (χ3v) is 8.68. The summed E-state index contributed by atoms with van der Waals surface area (Å²) >= 11 is 0. The Morgan fingerprint density at radius 3 is 2.18 bits per heavy atom. The van der Waals surface area contributed by atoms with Crippen molar-refractivity contribution in [3.63, 3.8) is 0 Å². The minimum absolute atomic E-state index is 0.0531. The number of carbonyl (C=O) groups is 6. The fraction of sp³-hybridized carbons (Fsp3) is 0.758. The molecule has 0 aromatic rings. The van der Waals surface area contributed by atoms with Crippen LogP contribution in [0, 0.1) is 28.6 Å². The second-order valence-corrected chi connectivity index (χ2v) is 15.2. The van der Waals surface area contributed by atoms with Crippen LogP contribution in [0.4, 0.5) is 4.79 Å². The van der Waals surface area contributed by atoms with Crippen molar-refractivity contribution in [2.24, 2.45) is 16.2 Å². The number of carbonyl (C=O) groups excluding carboxylic acids is 6. The predicted octanol–water partition coefficient (Wildman–Crippen LogP) is 1.97. The molecule has 0 radical (unpaired) electrons. The molecule has 4 unspecified atom stereocenters. The molecule has 2 rings (SSSR count). The zero-order valence-electron chi connectivity index (χ0n) is 28.6. The predicted molar refractivity (Wildman–Crippen MR) is 172 cm³/mol. The Morgan fingerprint density at radius 1 is 1.00 bits per heavy atom. The van der Waals surface area contributed by atoms with E-state index >= 15 is 0 Å². The summed E-state index contributed by atoms with van der Waals surface area (Å²) in [5, 5.41) is 10.8. The maximum Gasteiger partial charge on any atom is 0.315 e. The van der Waals surface area contributed by atoms with Crippen LogP contribution in [0.15, 0.2) is 0 Å². The fourth-order valence-corrected chi connectivity index (χ4v) is 5.62. The first-order valence-corrected chi connectivity index (χ1v) is 15.9. The average molecular weight is 631 g/mol. The molecule has 6 amide bonds. The Morgan fingerprint density at radius 2 is 1.64 bits per heavy atom. The monoisotopic (exact) mass is 630 g/mol. The summed E-state index contributed by atoms with van der Waals surface area (Å²) in [6.07, 6.45) is 7.84. The number of amides is 6. The molecule has 2 fully saturated rings. The fourth-order valence-electron chi connectivity index (χ4n) is 5.62. The number of Topliss-reactive ketones (excluding diaryl/α,β-unsaturated/α-hetero) is 1. The summed E-state index contributed by atoms with van der Waals surface area (Å²) in [5.74, 6) is -0.165. The molecule has 0 aliphatic carbocycles. The highest BCUT2D eigenvalue weighted by molar-refractivity contribution is 6.38. The number of hydrogen-bond acceptors (Lipinski definition) is 6. The van der Waals surface area contributed by atoms with Crippen LogP contribution in [0.1, 0.15) is 93.9 Å². The number of rotatable bonds is 11. The van der Waals surface area contributed by atoms with Crippen molar-refractivity contribution in [1.29, 1.82) is 0 Å². The summed E-state index contributed by atoms with van der Waals surface area (Å²) in [7, 11) is 1.32. The van der Waals surface area contributed by atoms with E-state index in [1.807, 2.05) is 41.5 Å². The molecule has 0 bridgehead atoms. The quantitative estimate of drug-likeness (QED) is 0.202. The lowest BCUT2D eigenvalue weighted by Crippen LogP contribution is -2.62. The van der Waals surface area contributed by atoms with Gasteiger partial charge in [-0.25, -0.2) is 4.79 Å². The lowest BCUT2D eigenvalue weighted by atomic mass is 9.81. The second-order valence-electron chi connectivity index (χ2n) is 15.2. The standard InChI is InChI=1S/C33H54N6O6/c1-11-12-14-21(25(41)28(43)34-10)35-27(42)22-15-13-17-39(22)29(44)26(32(5,6)7)37-30(45)36-23(31(2,3)4)20-38-18-16-33(8,9)19-24(38)40/h1,21-23,26H,12-20H2,2-10H3,(H,34,43)(H,35,42)(H2,36,37,45). The van der Waals surface area contributed by atoms with Crippen LogP contribution in [0.3, 0.4) is 0 Å². The number of likely N-dealkylation sites (N-methyl/N-ethyl adjacent to an activating group) is 1. The number of ketones is 1. The highest BCUT2D eigenvalue weighted by atomic mass is 16.2. The summed E-state index contributed by atoms with van der Waals surface area (Å²) in [6.45, 7) is 16.9. The van der Waals surface area contributed by atoms with E-state index in [1.54, 1.807) is 4.90 Å². The number of hydrogen-bond donors (Lipinski definition) is 4. The van der Waals surface area contributed by atoms with Crippen molar-refractivity contribution in [2.45, 2.75) is 118 Å². The molecule has 0 saturated carbocycles. The van der Waals surface area contributed by atoms with Gasteiger partial charge in [0.15, 0.2) is 0 Å². The molecular weight excluding hydrogens is 576 g/mol. The van der Waals surface area contributed by atoms with Crippen molar-refractivity contribution < 1.29 is 28.8 Å². The molecule has 4 atom stereocenters. The highest BCUT2D eigenvalue weighted by Gasteiger charge is 2.43. The summed E-state index contributed by atoms with van der Waals surface area (Å²) in [6, 6.07) is -3.91. The third-order valence-electron chi connectivity index (χ3n) is 8.68. The van der Waals surface area contributed by atoms with Gasteiger partial charge in [0.25, 0.3) is 5.91 Å². The third kappa shape index (κ3) is 10.5. The van der Waals surface area contributed by atoms with Gasteiger partial charge in [-0.1, -0.05) is 55.4 Å². The molecule has 12 nitrogen and oxygen atoms in total. The van der Waals surface area contributed by atoms with Gasteiger partial charge in [-0.3, -0.25) is 24.0 Å². The Labute approximate surface area is 268 Å². The normalized spacial score (nSPS) is 20.4. The summed E-state index contributed by atoms with van der Waals surface area (Å²) in [4.78, 5) is 81.5. The molecule has 0 spiro atoms. The lowest BCUT2D eigenvalue weighted by Gasteiger charge is -2.41. The molecule has 12 heteroatoms. The Bertz CT molecular complexity index is 1180. The topological polar surface area (TPSA) is 157 Å². The Kier molecular flexibility index (Phi) is 12.6. The van der Waals surface area contributed by atoms with Gasteiger partial charge in [0.1, 0.15) is 12.1 Å². The zero-order chi connectivity index (χ0) is 34.3. The molecular formula is C33H54N6O6. The van der Waals surface area contributed by atoms with Crippen LogP contribution in [-0.2, 0) is 24.0 Å². The van der Waals surface area contributed by atoms with Gasteiger partial charge >= 0.3 is 6.03 Å². The van der Waals surface area contributed by atoms with Crippen LogP contribution in [-0.4, -0.2) is 96.1 Å². The minimum atomic E-state index is -1.12. The summed E-state index contributed by atoms with van der Waals surface area (Å²) in [5.41, 5.74) is -1.15. The van der Waals surface area contributed by atoms with Gasteiger partial charge in [0.2, 0.25) is 23.5 Å². The first-order chi connectivity index (χ1) is 20.7. The number of piperidine rings is 1. The highest BCUT2D eigenvalue weighted by Crippen LogP contribution is 2.32. The smallest absolute Gasteiger partial charge is 0.315 e. The van der Waals surface area contributed by atoms with Gasteiger partial charge in [-0.15, -0.1) is 12.3 Å². The number of urea groups is 1. The second kappa shape index (κ2) is 15.1. The van der Waals surface area contributed by atoms with Crippen LogP contribution >= 0.6 is 0 Å². The number of nitrogens with zero attached hydrogens (tertiary/aromatic N) is 2. The van der Waals surface area contributed by atoms with Crippen LogP contribution in [0.25, 0.3) is 0 Å². The largest absolute Gasteiger partial charge is 0.353 e. The molecule has 0 aromatic heterocycles. The lowest BCUT2D eigenvalue weighted by molar-refractivity contribution is -0.143. The van der Waals surface area contributed by atoms with Crippen LogP contribution < -0.4 is 21.3 Å². The van der Waals surface area contributed by atoms with E-state index in [1.165, 1.54) is 11.9 Å². The van der Waals surface area contributed by atoms with E-state index < -0.39 is 53.1 Å². The maximum atomic E-state index is 14.0. The Balaban J connectivity index is 2.19. The molecule has 2 saturated heterocycles. The average Bonchev–Trinajstić information content (AvgIpc) is 3.42. The van der Waals surface area contributed by atoms with Crippen molar-refractivity contribution >= 4 is 35.4 Å². The van der Waals surface area contributed by atoms with Gasteiger partial charge in [0, 0.05) is 39.5 Å². The first kappa shape index (κ1) is 37.6. The van der Waals surface area contributed by atoms with E-state index in [-0.39, 0.29) is 35.6 Å². The summed E-state index contributed by atoms with van der Waals surface area (Å²) < 4.78 is 0. The van der Waals surface area contributed by atoms with Crippen molar-refractivity contribution in [1.82, 2.24) is 31.1 Å². The van der Waals surface area contributed by atoms with Crippen molar-refractivity contribution in [3.8, 4) is 12.3 Å². The van der Waals surface area contributed by atoms with E-state index in [0.717, 1.165) is 6.42 Å². The maximum absolute atomic E-state index is 14.0. The Hall–Kier alpha value is -3.62. The van der Waals surface area contributed by atoms with Gasteiger partial charge in [-0.05, 0) is 41.9 Å². The molecule has 0 aromatic carbocycles. The van der Waals surface area contributed by atoms with Gasteiger partial charge in [0.05, 0.1) is 12.1 Å². The van der Waals surface area contributed by atoms with E-state index in [2.05, 4.69) is 41.0 Å². The van der Waals surface area contributed by atoms with Gasteiger partial charge in [-0.2, -0.15) is 0 Å². The number of terminal acetylenes is 1. The van der Waals surface area contributed by atoms with Gasteiger partial charge < -0.3 is 31.1 Å². The van der Waals surface area contributed by atoms with Crippen molar-refractivity contribution in [2.75, 3.05) is 26.7 Å². The SMILES string of the molecule is C#CCCC(NC(=O)C1CCCN1C(=O)C(NC(=O)NC(CN1CCC(C)(C)CC1=O)C(C)(C)C)C(C)(C)C)C(=O)C(=O)NC. The molecule has 2 aliphatic heterocycles. The number of nitrogens with one attached hydrogen (secondary N) is 4. The van der Waals surface area contributed by atoms with Crippen LogP contribution in [0.5, 0.6) is 0 Å². The van der Waals surface area contributed by atoms with Crippen molar-refractivity contribution in [3.05, 3.63) is 0 Å². The molecule has 252 valence electrons. The molecule has 2 heterocycles. The zero-order valence-corrected chi connectivity index (χ0v) is 28.6. The van der Waals surface area contributed by atoms with E-state index in [4.69, 9.17) is 6.42 Å². The number of likely N-dealkylation sites (tertiary alicyclic amines) is 2. The molecule has 45 heavy (non-hydrogen) atoms. The van der Waals surface area contributed by atoms with E-state index in [0.29, 0.717) is 38.9 Å². The molecule has 4 N–H and O–H groups in total. The molecule has 2 aliphatic rings. The minimum Gasteiger partial charge on any atom is -0.353 e. The van der Waals surface area contributed by atoms with Crippen LogP contribution in [0.2, 0.25) is 0 Å².